The zero-order chi connectivity index (χ0) is 14.8. The van der Waals surface area contributed by atoms with Gasteiger partial charge in [0, 0.05) is 18.1 Å². The summed E-state index contributed by atoms with van der Waals surface area (Å²) in [4.78, 5) is 15.5. The first-order valence-electron chi connectivity index (χ1n) is 7.26. The van der Waals surface area contributed by atoms with Gasteiger partial charge >= 0.3 is 0 Å². The monoisotopic (exact) mass is 313 g/mol. The molecule has 22 heavy (non-hydrogen) atoms. The smallest absolute Gasteiger partial charge is 0.244 e. The van der Waals surface area contributed by atoms with Crippen LogP contribution in [0.3, 0.4) is 0 Å². The standard InChI is InChI=1S/C15H15N5OS/c1-2-6-16-12(4-1)14-18-15(21-19-14)13-5-3-7-20(13)8-11-9-22-10-17-11/h1-2,4,6,9-10,13H,3,5,7-8H2/t13-/m1/s1. The highest BCUT2D eigenvalue weighted by molar-refractivity contribution is 7.07. The van der Waals surface area contributed by atoms with Gasteiger partial charge in [-0.05, 0) is 31.5 Å². The summed E-state index contributed by atoms with van der Waals surface area (Å²) in [6.45, 7) is 1.86. The van der Waals surface area contributed by atoms with Gasteiger partial charge in [0.05, 0.1) is 17.2 Å². The van der Waals surface area contributed by atoms with Crippen LogP contribution < -0.4 is 0 Å². The molecule has 0 saturated carbocycles. The fourth-order valence-electron chi connectivity index (χ4n) is 2.79. The van der Waals surface area contributed by atoms with Crippen molar-refractivity contribution in [1.82, 2.24) is 25.0 Å². The first-order chi connectivity index (χ1) is 10.9. The third-order valence-electron chi connectivity index (χ3n) is 3.83. The number of rotatable bonds is 4. The van der Waals surface area contributed by atoms with E-state index in [1.807, 2.05) is 23.7 Å². The Balaban J connectivity index is 1.55. The molecule has 3 aromatic rings. The highest BCUT2D eigenvalue weighted by Crippen LogP contribution is 2.32. The summed E-state index contributed by atoms with van der Waals surface area (Å²) in [7, 11) is 0. The fraction of sp³-hybridized carbons (Fsp3) is 0.333. The Morgan fingerprint density at radius 3 is 3.14 bits per heavy atom. The molecule has 6 nitrogen and oxygen atoms in total. The Morgan fingerprint density at radius 1 is 1.32 bits per heavy atom. The molecule has 4 rings (SSSR count). The largest absolute Gasteiger partial charge is 0.337 e. The minimum Gasteiger partial charge on any atom is -0.337 e. The van der Waals surface area contributed by atoms with Crippen LogP contribution in [0.2, 0.25) is 0 Å². The van der Waals surface area contributed by atoms with Crippen LogP contribution in [0.4, 0.5) is 0 Å². The average Bonchev–Trinajstić information content (AvgIpc) is 3.30. The molecule has 1 atom stereocenters. The van der Waals surface area contributed by atoms with Gasteiger partial charge in [-0.25, -0.2) is 4.98 Å². The summed E-state index contributed by atoms with van der Waals surface area (Å²) < 4.78 is 5.49. The molecule has 0 N–H and O–H groups in total. The van der Waals surface area contributed by atoms with Crippen LogP contribution in [0, 0.1) is 0 Å². The molecule has 0 unspecified atom stereocenters. The lowest BCUT2D eigenvalue weighted by atomic mass is 10.2. The first kappa shape index (κ1) is 13.5. The molecular formula is C15H15N5OS. The lowest BCUT2D eigenvalue weighted by Crippen LogP contribution is -2.23. The van der Waals surface area contributed by atoms with E-state index in [2.05, 4.69) is 30.4 Å². The van der Waals surface area contributed by atoms with Crippen LogP contribution in [0.1, 0.15) is 30.5 Å². The maximum atomic E-state index is 5.49. The van der Waals surface area contributed by atoms with Crippen LogP contribution >= 0.6 is 11.3 Å². The van der Waals surface area contributed by atoms with Crippen LogP contribution in [0.15, 0.2) is 39.8 Å². The van der Waals surface area contributed by atoms with E-state index in [0.717, 1.165) is 37.3 Å². The van der Waals surface area contributed by atoms with Gasteiger partial charge in [-0.1, -0.05) is 11.2 Å². The number of hydrogen-bond donors (Lipinski definition) is 0. The van der Waals surface area contributed by atoms with E-state index in [1.54, 1.807) is 17.5 Å². The highest BCUT2D eigenvalue weighted by atomic mass is 32.1. The molecule has 0 bridgehead atoms. The zero-order valence-corrected chi connectivity index (χ0v) is 12.7. The van der Waals surface area contributed by atoms with E-state index in [-0.39, 0.29) is 6.04 Å². The molecule has 7 heteroatoms. The van der Waals surface area contributed by atoms with Crippen molar-refractivity contribution in [1.29, 1.82) is 0 Å². The van der Waals surface area contributed by atoms with Crippen molar-refractivity contribution in [2.45, 2.75) is 25.4 Å². The van der Waals surface area contributed by atoms with Crippen molar-refractivity contribution < 1.29 is 4.52 Å². The van der Waals surface area contributed by atoms with Gasteiger partial charge in [-0.3, -0.25) is 9.88 Å². The molecular weight excluding hydrogens is 298 g/mol. The zero-order valence-electron chi connectivity index (χ0n) is 11.9. The summed E-state index contributed by atoms with van der Waals surface area (Å²) in [5.41, 5.74) is 3.70. The Bertz CT molecular complexity index is 727. The summed E-state index contributed by atoms with van der Waals surface area (Å²) >= 11 is 1.62. The third kappa shape index (κ3) is 2.65. The van der Waals surface area contributed by atoms with Gasteiger partial charge in [0.25, 0.3) is 0 Å². The third-order valence-corrected chi connectivity index (χ3v) is 4.47. The van der Waals surface area contributed by atoms with Crippen molar-refractivity contribution in [3.8, 4) is 11.5 Å². The second-order valence-corrected chi connectivity index (χ2v) is 6.00. The van der Waals surface area contributed by atoms with E-state index in [4.69, 9.17) is 4.52 Å². The molecule has 0 radical (unpaired) electrons. The number of likely N-dealkylation sites (tertiary alicyclic amines) is 1. The van der Waals surface area contributed by atoms with Crippen LogP contribution in [-0.4, -0.2) is 31.6 Å². The lowest BCUT2D eigenvalue weighted by molar-refractivity contribution is 0.199. The van der Waals surface area contributed by atoms with E-state index in [9.17, 15) is 0 Å². The number of hydrogen-bond acceptors (Lipinski definition) is 7. The van der Waals surface area contributed by atoms with Gasteiger partial charge in [-0.2, -0.15) is 4.98 Å². The molecule has 0 aliphatic carbocycles. The normalized spacial score (nSPS) is 18.8. The minimum absolute atomic E-state index is 0.173. The van der Waals surface area contributed by atoms with Gasteiger partial charge in [0.15, 0.2) is 0 Å². The van der Waals surface area contributed by atoms with Crippen molar-refractivity contribution in [2.24, 2.45) is 0 Å². The summed E-state index contributed by atoms with van der Waals surface area (Å²) in [5, 5.41) is 6.16. The molecule has 1 fully saturated rings. The molecule has 1 saturated heterocycles. The van der Waals surface area contributed by atoms with E-state index in [1.165, 1.54) is 0 Å². The van der Waals surface area contributed by atoms with Crippen LogP contribution in [0.25, 0.3) is 11.5 Å². The predicted octanol–water partition coefficient (Wildman–Crippen LogP) is 2.93. The second-order valence-electron chi connectivity index (χ2n) is 5.28. The Kier molecular flexibility index (Phi) is 3.65. The maximum Gasteiger partial charge on any atom is 0.244 e. The van der Waals surface area contributed by atoms with Crippen molar-refractivity contribution in [3.05, 3.63) is 46.9 Å². The molecule has 112 valence electrons. The van der Waals surface area contributed by atoms with Gasteiger partial charge in [0.1, 0.15) is 5.69 Å². The lowest BCUT2D eigenvalue weighted by Gasteiger charge is -2.20. The van der Waals surface area contributed by atoms with Crippen LogP contribution in [0.5, 0.6) is 0 Å². The van der Waals surface area contributed by atoms with Crippen molar-refractivity contribution in [3.63, 3.8) is 0 Å². The average molecular weight is 313 g/mol. The van der Waals surface area contributed by atoms with Crippen LogP contribution in [-0.2, 0) is 6.54 Å². The number of pyridine rings is 1. The fourth-order valence-corrected chi connectivity index (χ4v) is 3.34. The highest BCUT2D eigenvalue weighted by Gasteiger charge is 2.31. The topological polar surface area (TPSA) is 67.9 Å². The number of aromatic nitrogens is 4. The number of nitrogens with zero attached hydrogens (tertiary/aromatic N) is 5. The molecule has 1 aliphatic rings. The summed E-state index contributed by atoms with van der Waals surface area (Å²) in [6.07, 6.45) is 3.90. The van der Waals surface area contributed by atoms with Gasteiger partial charge in [-0.15, -0.1) is 11.3 Å². The predicted molar refractivity (Wildman–Crippen MR) is 82.0 cm³/mol. The van der Waals surface area contributed by atoms with E-state index >= 15 is 0 Å². The van der Waals surface area contributed by atoms with E-state index < -0.39 is 0 Å². The molecule has 0 aromatic carbocycles. The molecule has 4 heterocycles. The Labute approximate surface area is 131 Å². The first-order valence-corrected chi connectivity index (χ1v) is 8.20. The quantitative estimate of drug-likeness (QED) is 0.737. The summed E-state index contributed by atoms with van der Waals surface area (Å²) in [6, 6.07) is 5.85. The Hall–Kier alpha value is -2.12. The van der Waals surface area contributed by atoms with Crippen molar-refractivity contribution >= 4 is 11.3 Å². The SMILES string of the molecule is c1ccc(-c2noc([C@H]3CCCN3Cc3cscn3)n2)nc1. The Morgan fingerprint density at radius 2 is 2.32 bits per heavy atom. The second kappa shape index (κ2) is 5.94. The van der Waals surface area contributed by atoms with Gasteiger partial charge in [0.2, 0.25) is 11.7 Å². The maximum absolute atomic E-state index is 5.49. The van der Waals surface area contributed by atoms with Crippen molar-refractivity contribution in [2.75, 3.05) is 6.54 Å². The molecule has 0 amide bonds. The minimum atomic E-state index is 0.173. The molecule has 3 aromatic heterocycles. The summed E-state index contributed by atoms with van der Waals surface area (Å²) in [5.74, 6) is 1.23. The number of thiazole rings is 1. The molecule has 1 aliphatic heterocycles. The van der Waals surface area contributed by atoms with Gasteiger partial charge < -0.3 is 4.52 Å². The molecule has 0 spiro atoms. The van der Waals surface area contributed by atoms with E-state index in [0.29, 0.717) is 11.7 Å².